The number of nitrogens with zero attached hydrogens (tertiary/aromatic N) is 3. The summed E-state index contributed by atoms with van der Waals surface area (Å²) in [4.78, 5) is 4.89. The van der Waals surface area contributed by atoms with Crippen LogP contribution >= 0.6 is 0 Å². The molecule has 0 aliphatic heterocycles. The highest BCUT2D eigenvalue weighted by molar-refractivity contribution is 6.28. The molecule has 0 bridgehead atoms. The van der Waals surface area contributed by atoms with Crippen LogP contribution in [0.3, 0.4) is 0 Å². The van der Waals surface area contributed by atoms with E-state index in [1.165, 1.54) is 65.7 Å². The lowest BCUT2D eigenvalue weighted by Crippen LogP contribution is -2.12. The zero-order chi connectivity index (χ0) is 22.4. The van der Waals surface area contributed by atoms with Crippen molar-refractivity contribution in [3.8, 4) is 6.07 Å². The van der Waals surface area contributed by atoms with Crippen molar-refractivity contribution < 1.29 is 0 Å². The summed E-state index contributed by atoms with van der Waals surface area (Å²) in [6, 6.07) is 18.2. The molecule has 0 spiro atoms. The van der Waals surface area contributed by atoms with Crippen LogP contribution in [-0.2, 0) is 6.42 Å². The van der Waals surface area contributed by atoms with Crippen molar-refractivity contribution in [2.75, 3.05) is 0 Å². The lowest BCUT2D eigenvalue weighted by atomic mass is 9.84. The first kappa shape index (κ1) is 19.1. The van der Waals surface area contributed by atoms with E-state index in [0.717, 1.165) is 5.52 Å². The Hall–Kier alpha value is -3.64. The maximum absolute atomic E-state index is 9.78. The van der Waals surface area contributed by atoms with Crippen molar-refractivity contribution in [1.29, 1.82) is 5.26 Å². The Morgan fingerprint density at radius 3 is 2.50 bits per heavy atom. The first-order valence-electron chi connectivity index (χ1n) is 11.2. The van der Waals surface area contributed by atoms with Gasteiger partial charge in [-0.1, -0.05) is 29.8 Å². The SMILES string of the molecule is Cc1cc(C)c2c(c1)c1nccc3cc(CC(C)(C)C#N)c4c5ccc(C)cc5n2c4c31. The molecule has 0 radical (unpaired) electrons. The maximum Gasteiger partial charge on any atom is 0.0822 e. The second-order valence-corrected chi connectivity index (χ2v) is 10.0. The molecule has 6 aromatic rings. The van der Waals surface area contributed by atoms with Crippen LogP contribution in [0.2, 0.25) is 0 Å². The topological polar surface area (TPSA) is 41.1 Å². The number of nitriles is 1. The lowest BCUT2D eigenvalue weighted by molar-refractivity contribution is 0.495. The summed E-state index contributed by atoms with van der Waals surface area (Å²) < 4.78 is 2.46. The molecule has 3 nitrogen and oxygen atoms in total. The van der Waals surface area contributed by atoms with Crippen LogP contribution in [0.15, 0.2) is 48.7 Å². The molecule has 0 fully saturated rings. The zero-order valence-corrected chi connectivity index (χ0v) is 19.2. The smallest absolute Gasteiger partial charge is 0.0822 e. The van der Waals surface area contributed by atoms with E-state index >= 15 is 0 Å². The van der Waals surface area contributed by atoms with E-state index in [9.17, 15) is 5.26 Å². The first-order chi connectivity index (χ1) is 15.3. The molecule has 156 valence electrons. The molecule has 0 saturated carbocycles. The Morgan fingerprint density at radius 2 is 1.72 bits per heavy atom. The molecule has 6 rings (SSSR count). The van der Waals surface area contributed by atoms with Gasteiger partial charge in [0.15, 0.2) is 0 Å². The second-order valence-electron chi connectivity index (χ2n) is 10.0. The summed E-state index contributed by atoms with van der Waals surface area (Å²) in [7, 11) is 0. The van der Waals surface area contributed by atoms with Gasteiger partial charge < -0.3 is 4.40 Å². The van der Waals surface area contributed by atoms with Crippen molar-refractivity contribution in [1.82, 2.24) is 9.38 Å². The van der Waals surface area contributed by atoms with Crippen molar-refractivity contribution in [3.05, 3.63) is 70.9 Å². The summed E-state index contributed by atoms with van der Waals surface area (Å²) in [6.07, 6.45) is 2.63. The predicted octanol–water partition coefficient (Wildman–Crippen LogP) is 7.40. The van der Waals surface area contributed by atoms with Crippen LogP contribution in [0.25, 0.3) is 49.0 Å². The van der Waals surface area contributed by atoms with Crippen LogP contribution in [0.4, 0.5) is 0 Å². The third-order valence-electron chi connectivity index (χ3n) is 6.85. The van der Waals surface area contributed by atoms with Gasteiger partial charge in [-0.3, -0.25) is 4.98 Å². The summed E-state index contributed by atoms with van der Waals surface area (Å²) >= 11 is 0. The Labute approximate surface area is 187 Å². The van der Waals surface area contributed by atoms with E-state index in [2.05, 4.69) is 73.7 Å². The van der Waals surface area contributed by atoms with Crippen molar-refractivity contribution >= 4 is 49.0 Å². The number of fused-ring (bicyclic) bond motifs is 6. The molecule has 0 unspecified atom stereocenters. The highest BCUT2D eigenvalue weighted by Crippen LogP contribution is 2.44. The molecular formula is C29H25N3. The number of pyridine rings is 2. The second kappa shape index (κ2) is 6.20. The molecule has 3 heterocycles. The molecule has 0 N–H and O–H groups in total. The minimum absolute atomic E-state index is 0.440. The Kier molecular flexibility index (Phi) is 3.70. The van der Waals surface area contributed by atoms with Gasteiger partial charge in [0.25, 0.3) is 0 Å². The normalized spacial score (nSPS) is 12.6. The fraction of sp³-hybridized carbons (Fsp3) is 0.241. The quantitative estimate of drug-likeness (QED) is 0.218. The number of hydrogen-bond donors (Lipinski definition) is 0. The molecule has 0 amide bonds. The maximum atomic E-state index is 9.78. The predicted molar refractivity (Wildman–Crippen MR) is 134 cm³/mol. The Bertz CT molecular complexity index is 1760. The molecule has 32 heavy (non-hydrogen) atoms. The van der Waals surface area contributed by atoms with Gasteiger partial charge in [0.2, 0.25) is 0 Å². The van der Waals surface area contributed by atoms with Crippen LogP contribution in [0.5, 0.6) is 0 Å². The number of aromatic nitrogens is 2. The van der Waals surface area contributed by atoms with E-state index in [0.29, 0.717) is 6.42 Å². The van der Waals surface area contributed by atoms with Crippen LogP contribution in [0, 0.1) is 37.5 Å². The average molecular weight is 416 g/mol. The van der Waals surface area contributed by atoms with Crippen molar-refractivity contribution in [3.63, 3.8) is 0 Å². The third kappa shape index (κ3) is 2.44. The molecule has 0 saturated heterocycles. The Balaban J connectivity index is 1.99. The molecule has 3 aromatic carbocycles. The van der Waals surface area contributed by atoms with Gasteiger partial charge in [0.05, 0.1) is 33.6 Å². The largest absolute Gasteiger partial charge is 0.308 e. The third-order valence-corrected chi connectivity index (χ3v) is 6.85. The summed E-state index contributed by atoms with van der Waals surface area (Å²) in [5, 5.41) is 15.9. The van der Waals surface area contributed by atoms with Crippen LogP contribution in [0.1, 0.15) is 36.1 Å². The summed E-state index contributed by atoms with van der Waals surface area (Å²) in [5.74, 6) is 0. The highest BCUT2D eigenvalue weighted by Gasteiger charge is 2.25. The molecular weight excluding hydrogens is 390 g/mol. The van der Waals surface area contributed by atoms with Gasteiger partial charge in [0, 0.05) is 27.7 Å². The van der Waals surface area contributed by atoms with E-state index in [4.69, 9.17) is 4.98 Å². The van der Waals surface area contributed by atoms with Gasteiger partial charge in [-0.05, 0) is 81.3 Å². The van der Waals surface area contributed by atoms with Gasteiger partial charge in [-0.15, -0.1) is 0 Å². The minimum atomic E-state index is -0.440. The summed E-state index contributed by atoms with van der Waals surface area (Å²) in [6.45, 7) is 10.6. The molecule has 0 aliphatic carbocycles. The fourth-order valence-electron chi connectivity index (χ4n) is 5.59. The molecule has 0 aliphatic rings. The van der Waals surface area contributed by atoms with Gasteiger partial charge in [-0.25, -0.2) is 0 Å². The van der Waals surface area contributed by atoms with E-state index in [-0.39, 0.29) is 0 Å². The zero-order valence-electron chi connectivity index (χ0n) is 19.2. The van der Waals surface area contributed by atoms with Crippen molar-refractivity contribution in [2.45, 2.75) is 41.0 Å². The molecule has 3 aromatic heterocycles. The number of hydrogen-bond acceptors (Lipinski definition) is 2. The lowest BCUT2D eigenvalue weighted by Gasteiger charge is -2.19. The average Bonchev–Trinajstić information content (AvgIpc) is 3.07. The number of aryl methyl sites for hydroxylation is 3. The molecule has 3 heteroatoms. The van der Waals surface area contributed by atoms with Crippen molar-refractivity contribution in [2.24, 2.45) is 5.41 Å². The van der Waals surface area contributed by atoms with E-state index in [1.54, 1.807) is 0 Å². The number of rotatable bonds is 2. The van der Waals surface area contributed by atoms with Gasteiger partial charge in [0.1, 0.15) is 0 Å². The Morgan fingerprint density at radius 1 is 0.906 bits per heavy atom. The van der Waals surface area contributed by atoms with Gasteiger partial charge in [-0.2, -0.15) is 5.26 Å². The fourth-order valence-corrected chi connectivity index (χ4v) is 5.59. The number of benzene rings is 3. The monoisotopic (exact) mass is 415 g/mol. The summed E-state index contributed by atoms with van der Waals surface area (Å²) in [5.41, 5.74) is 9.29. The highest BCUT2D eigenvalue weighted by atomic mass is 14.9. The first-order valence-corrected chi connectivity index (χ1v) is 11.2. The van der Waals surface area contributed by atoms with Crippen LogP contribution in [-0.4, -0.2) is 9.38 Å². The van der Waals surface area contributed by atoms with E-state index in [1.807, 2.05) is 20.0 Å². The molecule has 0 atom stereocenters. The van der Waals surface area contributed by atoms with E-state index < -0.39 is 5.41 Å². The standard InChI is InChI=1S/C29H25N3/c1-16-6-7-21-23(12-16)32-27-18(3)10-17(2)11-22(27)26-25-19(8-9-31-26)13-20(24(21)28(25)32)14-29(4,5)15-30/h6-13H,14H2,1-5H3. The van der Waals surface area contributed by atoms with Gasteiger partial charge >= 0.3 is 0 Å². The minimum Gasteiger partial charge on any atom is -0.308 e. The van der Waals surface area contributed by atoms with Crippen LogP contribution < -0.4 is 0 Å².